The normalized spacial score (nSPS) is 13.8. The fourth-order valence-corrected chi connectivity index (χ4v) is 2.52. The largest absolute Gasteiger partial charge is 0.490 e. The van der Waals surface area contributed by atoms with Crippen molar-refractivity contribution in [2.24, 2.45) is 0 Å². The summed E-state index contributed by atoms with van der Waals surface area (Å²) in [6, 6.07) is 13.7. The zero-order valence-electron chi connectivity index (χ0n) is 11.1. The number of aliphatic hydroxyl groups is 1. The molecule has 3 nitrogen and oxygen atoms in total. The molecule has 0 spiro atoms. The SMILES string of the molecule is OCc1ccc2c(c1)N(Cc1ccc(Cl)cc1)CCO2. The Balaban J connectivity index is 1.87. The Hall–Kier alpha value is -1.71. The first-order valence-corrected chi connectivity index (χ1v) is 7.00. The molecular formula is C16H16ClNO2. The molecule has 0 saturated heterocycles. The van der Waals surface area contributed by atoms with Crippen LogP contribution in [0.5, 0.6) is 5.75 Å². The number of aliphatic hydroxyl groups excluding tert-OH is 1. The lowest BCUT2D eigenvalue weighted by Gasteiger charge is -2.31. The Morgan fingerprint density at radius 1 is 1.10 bits per heavy atom. The first kappa shape index (κ1) is 13.3. The van der Waals surface area contributed by atoms with E-state index in [1.54, 1.807) is 0 Å². The van der Waals surface area contributed by atoms with Gasteiger partial charge in [-0.2, -0.15) is 0 Å². The Morgan fingerprint density at radius 2 is 1.85 bits per heavy atom. The average Bonchev–Trinajstić information content (AvgIpc) is 2.49. The van der Waals surface area contributed by atoms with Crippen LogP contribution in [0.3, 0.4) is 0 Å². The maximum Gasteiger partial charge on any atom is 0.142 e. The molecule has 0 unspecified atom stereocenters. The van der Waals surface area contributed by atoms with Crippen LogP contribution in [0.15, 0.2) is 42.5 Å². The van der Waals surface area contributed by atoms with Crippen molar-refractivity contribution in [3.63, 3.8) is 0 Å². The minimum Gasteiger partial charge on any atom is -0.490 e. The van der Waals surface area contributed by atoms with Crippen molar-refractivity contribution >= 4 is 17.3 Å². The molecule has 0 radical (unpaired) electrons. The Labute approximate surface area is 123 Å². The van der Waals surface area contributed by atoms with Gasteiger partial charge in [-0.15, -0.1) is 0 Å². The van der Waals surface area contributed by atoms with Crippen molar-refractivity contribution < 1.29 is 9.84 Å². The summed E-state index contributed by atoms with van der Waals surface area (Å²) in [5.74, 6) is 0.877. The number of nitrogens with zero attached hydrogens (tertiary/aromatic N) is 1. The summed E-state index contributed by atoms with van der Waals surface area (Å²) in [7, 11) is 0. The smallest absolute Gasteiger partial charge is 0.142 e. The van der Waals surface area contributed by atoms with Crippen LogP contribution in [0.25, 0.3) is 0 Å². The molecular weight excluding hydrogens is 274 g/mol. The highest BCUT2D eigenvalue weighted by Crippen LogP contribution is 2.33. The molecule has 20 heavy (non-hydrogen) atoms. The van der Waals surface area contributed by atoms with E-state index in [1.165, 1.54) is 5.56 Å². The van der Waals surface area contributed by atoms with Gasteiger partial charge in [-0.25, -0.2) is 0 Å². The van der Waals surface area contributed by atoms with Gasteiger partial charge in [0.1, 0.15) is 12.4 Å². The Morgan fingerprint density at radius 3 is 2.60 bits per heavy atom. The number of hydrogen-bond donors (Lipinski definition) is 1. The highest BCUT2D eigenvalue weighted by molar-refractivity contribution is 6.30. The van der Waals surface area contributed by atoms with Gasteiger partial charge in [0.05, 0.1) is 18.8 Å². The summed E-state index contributed by atoms with van der Waals surface area (Å²) in [5, 5.41) is 10.0. The fourth-order valence-electron chi connectivity index (χ4n) is 2.39. The Bertz CT molecular complexity index is 598. The molecule has 0 saturated carbocycles. The van der Waals surface area contributed by atoms with Gasteiger partial charge in [-0.1, -0.05) is 29.8 Å². The van der Waals surface area contributed by atoms with E-state index in [0.29, 0.717) is 6.61 Å². The zero-order chi connectivity index (χ0) is 13.9. The van der Waals surface area contributed by atoms with Crippen LogP contribution in [0, 0.1) is 0 Å². The second-order valence-electron chi connectivity index (χ2n) is 4.86. The topological polar surface area (TPSA) is 32.7 Å². The van der Waals surface area contributed by atoms with Crippen LogP contribution in [-0.2, 0) is 13.2 Å². The van der Waals surface area contributed by atoms with Crippen molar-refractivity contribution in [3.8, 4) is 5.75 Å². The van der Waals surface area contributed by atoms with Gasteiger partial charge < -0.3 is 14.7 Å². The summed E-state index contributed by atoms with van der Waals surface area (Å²) in [6.07, 6.45) is 0. The number of fused-ring (bicyclic) bond motifs is 1. The van der Waals surface area contributed by atoms with Crippen LogP contribution in [-0.4, -0.2) is 18.3 Å². The second kappa shape index (κ2) is 5.73. The van der Waals surface area contributed by atoms with E-state index >= 15 is 0 Å². The summed E-state index contributed by atoms with van der Waals surface area (Å²) < 4.78 is 5.67. The highest BCUT2D eigenvalue weighted by Gasteiger charge is 2.18. The van der Waals surface area contributed by atoms with Crippen molar-refractivity contribution in [2.75, 3.05) is 18.1 Å². The van der Waals surface area contributed by atoms with Crippen molar-refractivity contribution in [1.29, 1.82) is 0 Å². The molecule has 0 aliphatic carbocycles. The maximum absolute atomic E-state index is 9.27. The third-order valence-electron chi connectivity index (χ3n) is 3.45. The number of benzene rings is 2. The van der Waals surface area contributed by atoms with E-state index < -0.39 is 0 Å². The van der Waals surface area contributed by atoms with Gasteiger partial charge in [0.2, 0.25) is 0 Å². The zero-order valence-corrected chi connectivity index (χ0v) is 11.8. The molecule has 0 bridgehead atoms. The van der Waals surface area contributed by atoms with E-state index in [1.807, 2.05) is 42.5 Å². The van der Waals surface area contributed by atoms with E-state index in [-0.39, 0.29) is 6.61 Å². The van der Waals surface area contributed by atoms with E-state index in [9.17, 15) is 5.11 Å². The number of halogens is 1. The number of hydrogen-bond acceptors (Lipinski definition) is 3. The molecule has 1 aliphatic rings. The van der Waals surface area contributed by atoms with E-state index in [2.05, 4.69) is 4.90 Å². The standard InChI is InChI=1S/C16H16ClNO2/c17-14-4-1-12(2-5-14)10-18-7-8-20-16-6-3-13(11-19)9-15(16)18/h1-6,9,19H,7-8,10-11H2. The first-order valence-electron chi connectivity index (χ1n) is 6.62. The van der Waals surface area contributed by atoms with Crippen LogP contribution >= 0.6 is 11.6 Å². The lowest BCUT2D eigenvalue weighted by atomic mass is 10.1. The number of ether oxygens (including phenoxy) is 1. The fraction of sp³-hybridized carbons (Fsp3) is 0.250. The summed E-state index contributed by atoms with van der Waals surface area (Å²) in [6.45, 7) is 2.37. The maximum atomic E-state index is 9.27. The summed E-state index contributed by atoms with van der Waals surface area (Å²) >= 11 is 5.91. The van der Waals surface area contributed by atoms with Gasteiger partial charge in [0.15, 0.2) is 0 Å². The van der Waals surface area contributed by atoms with Crippen molar-refractivity contribution in [3.05, 3.63) is 58.6 Å². The predicted octanol–water partition coefficient (Wildman–Crippen LogP) is 3.23. The molecule has 0 atom stereocenters. The Kier molecular flexibility index (Phi) is 3.81. The molecule has 1 aliphatic heterocycles. The van der Waals surface area contributed by atoms with Crippen molar-refractivity contribution in [1.82, 2.24) is 0 Å². The van der Waals surface area contributed by atoms with Gasteiger partial charge in [0.25, 0.3) is 0 Å². The van der Waals surface area contributed by atoms with Gasteiger partial charge in [-0.05, 0) is 35.4 Å². The second-order valence-corrected chi connectivity index (χ2v) is 5.29. The van der Waals surface area contributed by atoms with Gasteiger partial charge >= 0.3 is 0 Å². The summed E-state index contributed by atoms with van der Waals surface area (Å²) in [5.41, 5.74) is 3.14. The van der Waals surface area contributed by atoms with Crippen LogP contribution in [0.4, 0.5) is 5.69 Å². The van der Waals surface area contributed by atoms with Gasteiger partial charge in [0, 0.05) is 11.6 Å². The quantitative estimate of drug-likeness (QED) is 0.942. The van der Waals surface area contributed by atoms with Crippen molar-refractivity contribution in [2.45, 2.75) is 13.2 Å². The molecule has 3 rings (SSSR count). The lowest BCUT2D eigenvalue weighted by Crippen LogP contribution is -2.32. The average molecular weight is 290 g/mol. The van der Waals surface area contributed by atoms with Crippen LogP contribution in [0.1, 0.15) is 11.1 Å². The molecule has 1 heterocycles. The molecule has 2 aromatic rings. The number of rotatable bonds is 3. The predicted molar refractivity (Wildman–Crippen MR) is 80.4 cm³/mol. The molecule has 0 amide bonds. The molecule has 4 heteroatoms. The third-order valence-corrected chi connectivity index (χ3v) is 3.70. The first-order chi connectivity index (χ1) is 9.76. The highest BCUT2D eigenvalue weighted by atomic mass is 35.5. The number of anilines is 1. The minimum absolute atomic E-state index is 0.0437. The van der Waals surface area contributed by atoms with Crippen LogP contribution in [0.2, 0.25) is 5.02 Å². The summed E-state index contributed by atoms with van der Waals surface area (Å²) in [4.78, 5) is 2.27. The molecule has 2 aromatic carbocycles. The van der Waals surface area contributed by atoms with Crippen LogP contribution < -0.4 is 9.64 Å². The monoisotopic (exact) mass is 289 g/mol. The minimum atomic E-state index is 0.0437. The molecule has 0 fully saturated rings. The lowest BCUT2D eigenvalue weighted by molar-refractivity contribution is 0.280. The molecule has 104 valence electrons. The van der Waals surface area contributed by atoms with Gasteiger partial charge in [-0.3, -0.25) is 0 Å². The molecule has 0 aromatic heterocycles. The van der Waals surface area contributed by atoms with E-state index in [0.717, 1.165) is 35.1 Å². The third kappa shape index (κ3) is 2.74. The van der Waals surface area contributed by atoms with E-state index in [4.69, 9.17) is 16.3 Å². The molecule has 1 N–H and O–H groups in total.